The number of alkyl halides is 1. The first-order valence-electron chi connectivity index (χ1n) is 6.06. The van der Waals surface area contributed by atoms with Gasteiger partial charge in [-0.15, -0.1) is 16.7 Å². The maximum atomic E-state index is 5.88. The van der Waals surface area contributed by atoms with Gasteiger partial charge in [0.05, 0.1) is 0 Å². The maximum Gasteiger partial charge on any atom is 0.315 e. The van der Waals surface area contributed by atoms with Crippen LogP contribution in [-0.4, -0.2) is 27.2 Å². The Kier molecular flexibility index (Phi) is 4.56. The number of halogens is 1. The van der Waals surface area contributed by atoms with Crippen LogP contribution in [0.1, 0.15) is 44.4 Å². The zero-order valence-corrected chi connectivity index (χ0v) is 11.7. The van der Waals surface area contributed by atoms with Gasteiger partial charge in [-0.1, -0.05) is 18.4 Å². The van der Waals surface area contributed by atoms with Crippen LogP contribution >= 0.6 is 23.4 Å². The molecule has 96 valence electrons. The normalized spacial score (nSPS) is 26.1. The molecular weight excluding hydrogens is 258 g/mol. The highest BCUT2D eigenvalue weighted by atomic mass is 35.5. The van der Waals surface area contributed by atoms with Crippen LogP contribution in [0.2, 0.25) is 0 Å². The maximum absolute atomic E-state index is 5.88. The Morgan fingerprint density at radius 2 is 2.35 bits per heavy atom. The molecule has 0 saturated heterocycles. The average molecular weight is 276 g/mol. The molecule has 6 heteroatoms. The Hall–Kier alpha value is -0.420. The first-order valence-corrected chi connectivity index (χ1v) is 7.54. The van der Waals surface area contributed by atoms with Crippen LogP contribution in [-0.2, 0) is 0 Å². The molecule has 4 nitrogen and oxygen atoms in total. The second-order valence-corrected chi connectivity index (χ2v) is 6.41. The van der Waals surface area contributed by atoms with Crippen LogP contribution in [0.3, 0.4) is 0 Å². The lowest BCUT2D eigenvalue weighted by Gasteiger charge is -2.18. The van der Waals surface area contributed by atoms with E-state index in [1.165, 1.54) is 19.3 Å². The summed E-state index contributed by atoms with van der Waals surface area (Å²) in [5.74, 6) is 1.63. The van der Waals surface area contributed by atoms with Gasteiger partial charge in [0.25, 0.3) is 0 Å². The Morgan fingerprint density at radius 1 is 1.53 bits per heavy atom. The molecular formula is C11H18ClN3OS. The third-order valence-corrected chi connectivity index (χ3v) is 4.44. The Bertz CT molecular complexity index is 358. The second-order valence-electron chi connectivity index (χ2n) is 4.24. The summed E-state index contributed by atoms with van der Waals surface area (Å²) in [5.41, 5.74) is 0. The topological polar surface area (TPSA) is 51.0 Å². The zero-order valence-electron chi connectivity index (χ0n) is 10.1. The lowest BCUT2D eigenvalue weighted by Crippen LogP contribution is -2.26. The van der Waals surface area contributed by atoms with Crippen molar-refractivity contribution in [2.24, 2.45) is 0 Å². The van der Waals surface area contributed by atoms with E-state index in [2.05, 4.69) is 22.4 Å². The summed E-state index contributed by atoms with van der Waals surface area (Å²) >= 11 is 7.88. The number of nitrogens with zero attached hydrogens (tertiary/aromatic N) is 2. The van der Waals surface area contributed by atoms with E-state index in [4.69, 9.17) is 16.0 Å². The Labute approximate surface area is 111 Å². The van der Waals surface area contributed by atoms with E-state index in [1.54, 1.807) is 0 Å². The highest BCUT2D eigenvalue weighted by Gasteiger charge is 2.28. The van der Waals surface area contributed by atoms with Crippen molar-refractivity contribution >= 4 is 29.4 Å². The lowest BCUT2D eigenvalue weighted by molar-refractivity contribution is 0.499. The van der Waals surface area contributed by atoms with Crippen molar-refractivity contribution in [1.29, 1.82) is 0 Å². The lowest BCUT2D eigenvalue weighted by atomic mass is 10.2. The van der Waals surface area contributed by atoms with E-state index < -0.39 is 0 Å². The molecule has 0 spiro atoms. The Morgan fingerprint density at radius 3 is 3.00 bits per heavy atom. The van der Waals surface area contributed by atoms with E-state index in [9.17, 15) is 0 Å². The molecule has 1 aliphatic rings. The molecule has 0 aromatic carbocycles. The molecule has 3 atom stereocenters. The summed E-state index contributed by atoms with van der Waals surface area (Å²) in [5, 5.41) is 11.6. The summed E-state index contributed by atoms with van der Waals surface area (Å²) in [6.07, 6.45) is 3.71. The predicted octanol–water partition coefficient (Wildman–Crippen LogP) is 3.46. The molecule has 2 rings (SSSR count). The van der Waals surface area contributed by atoms with E-state index in [-0.39, 0.29) is 5.38 Å². The number of anilines is 1. The second kappa shape index (κ2) is 5.96. The van der Waals surface area contributed by atoms with E-state index in [0.29, 0.717) is 23.2 Å². The predicted molar refractivity (Wildman–Crippen MR) is 71.7 cm³/mol. The van der Waals surface area contributed by atoms with Gasteiger partial charge in [0, 0.05) is 11.3 Å². The minimum atomic E-state index is -0.234. The van der Waals surface area contributed by atoms with Crippen LogP contribution < -0.4 is 5.32 Å². The zero-order chi connectivity index (χ0) is 12.3. The van der Waals surface area contributed by atoms with Crippen LogP contribution in [0, 0.1) is 0 Å². The highest BCUT2D eigenvalue weighted by molar-refractivity contribution is 7.99. The third kappa shape index (κ3) is 3.28. The van der Waals surface area contributed by atoms with Gasteiger partial charge in [-0.05, 0) is 25.5 Å². The molecule has 0 radical (unpaired) electrons. The third-order valence-electron chi connectivity index (χ3n) is 2.92. The molecule has 1 aliphatic carbocycles. The molecule has 0 amide bonds. The fraction of sp³-hybridized carbons (Fsp3) is 0.818. The molecule has 1 heterocycles. The molecule has 3 unspecified atom stereocenters. The fourth-order valence-corrected chi connectivity index (χ4v) is 3.40. The van der Waals surface area contributed by atoms with E-state index in [1.807, 2.05) is 18.7 Å². The number of hydrogen-bond donors (Lipinski definition) is 1. The van der Waals surface area contributed by atoms with Gasteiger partial charge in [-0.3, -0.25) is 0 Å². The first-order chi connectivity index (χ1) is 8.20. The van der Waals surface area contributed by atoms with Crippen molar-refractivity contribution in [2.75, 3.05) is 11.1 Å². The first kappa shape index (κ1) is 13.0. The highest BCUT2D eigenvalue weighted by Crippen LogP contribution is 2.32. The van der Waals surface area contributed by atoms with E-state index in [0.717, 1.165) is 5.75 Å². The van der Waals surface area contributed by atoms with Gasteiger partial charge in [0.15, 0.2) is 0 Å². The van der Waals surface area contributed by atoms with Crippen molar-refractivity contribution in [1.82, 2.24) is 10.2 Å². The number of nitrogens with one attached hydrogen (secondary N) is 1. The van der Waals surface area contributed by atoms with Gasteiger partial charge < -0.3 is 9.73 Å². The largest absolute Gasteiger partial charge is 0.406 e. The number of hydrogen-bond acceptors (Lipinski definition) is 5. The van der Waals surface area contributed by atoms with Gasteiger partial charge in [-0.25, -0.2) is 0 Å². The van der Waals surface area contributed by atoms with Gasteiger partial charge in [-0.2, -0.15) is 11.8 Å². The molecule has 1 aromatic rings. The van der Waals surface area contributed by atoms with Crippen LogP contribution in [0.5, 0.6) is 0 Å². The van der Waals surface area contributed by atoms with Crippen molar-refractivity contribution in [3.8, 4) is 0 Å². The smallest absolute Gasteiger partial charge is 0.315 e. The average Bonchev–Trinajstić information content (AvgIpc) is 2.90. The van der Waals surface area contributed by atoms with Crippen molar-refractivity contribution in [3.63, 3.8) is 0 Å². The van der Waals surface area contributed by atoms with Gasteiger partial charge in [0.1, 0.15) is 5.38 Å². The quantitative estimate of drug-likeness (QED) is 0.834. The standard InChI is InChI=1S/C11H18ClN3OS/c1-3-17-9-6-4-5-8(9)13-11-15-14-10(16-11)7(2)12/h7-9H,3-6H2,1-2H3,(H,13,15). The monoisotopic (exact) mass is 275 g/mol. The number of rotatable bonds is 5. The molecule has 1 N–H and O–H groups in total. The summed E-state index contributed by atoms with van der Waals surface area (Å²) in [7, 11) is 0. The number of thioether (sulfide) groups is 1. The summed E-state index contributed by atoms with van der Waals surface area (Å²) in [6.45, 7) is 4.02. The molecule has 0 aliphatic heterocycles. The summed E-state index contributed by atoms with van der Waals surface area (Å²) in [6, 6.07) is 0.944. The summed E-state index contributed by atoms with van der Waals surface area (Å²) < 4.78 is 5.46. The molecule has 17 heavy (non-hydrogen) atoms. The van der Waals surface area contributed by atoms with Crippen molar-refractivity contribution in [3.05, 3.63) is 5.89 Å². The molecule has 1 aromatic heterocycles. The minimum Gasteiger partial charge on any atom is -0.406 e. The van der Waals surface area contributed by atoms with Crippen LogP contribution in [0.4, 0.5) is 6.01 Å². The van der Waals surface area contributed by atoms with Gasteiger partial charge in [0.2, 0.25) is 5.89 Å². The van der Waals surface area contributed by atoms with Crippen molar-refractivity contribution < 1.29 is 4.42 Å². The fourth-order valence-electron chi connectivity index (χ4n) is 2.12. The molecule has 1 saturated carbocycles. The molecule has 1 fully saturated rings. The van der Waals surface area contributed by atoms with Crippen LogP contribution in [0.25, 0.3) is 0 Å². The summed E-state index contributed by atoms with van der Waals surface area (Å²) in [4.78, 5) is 0. The van der Waals surface area contributed by atoms with E-state index >= 15 is 0 Å². The van der Waals surface area contributed by atoms with Crippen LogP contribution in [0.15, 0.2) is 4.42 Å². The molecule has 0 bridgehead atoms. The minimum absolute atomic E-state index is 0.234. The SMILES string of the molecule is CCSC1CCCC1Nc1nnc(C(C)Cl)o1. The number of aromatic nitrogens is 2. The van der Waals surface area contributed by atoms with Crippen molar-refractivity contribution in [2.45, 2.75) is 49.8 Å². The Balaban J connectivity index is 1.94. The van der Waals surface area contributed by atoms with Gasteiger partial charge >= 0.3 is 6.01 Å².